The number of nitrogens with one attached hydrogen (secondary N) is 3. The SMILES string of the molecule is [CH2]CNC(=O)CCCC[C@@H]1SC[C@@H]2NC(=O)N[C@@H]21. The van der Waals surface area contributed by atoms with E-state index in [2.05, 4.69) is 22.9 Å². The highest BCUT2D eigenvalue weighted by molar-refractivity contribution is 8.00. The van der Waals surface area contributed by atoms with Crippen LogP contribution in [0.5, 0.6) is 0 Å². The Morgan fingerprint density at radius 3 is 3.06 bits per heavy atom. The van der Waals surface area contributed by atoms with Gasteiger partial charge in [0, 0.05) is 24.0 Å². The lowest BCUT2D eigenvalue weighted by Gasteiger charge is -2.16. The maximum absolute atomic E-state index is 11.2. The molecule has 0 aromatic rings. The smallest absolute Gasteiger partial charge is 0.315 e. The van der Waals surface area contributed by atoms with Crippen LogP contribution in [0.3, 0.4) is 0 Å². The Balaban J connectivity index is 1.62. The number of fused-ring (bicyclic) bond motifs is 1. The summed E-state index contributed by atoms with van der Waals surface area (Å²) in [5.74, 6) is 1.08. The normalized spacial score (nSPS) is 29.6. The summed E-state index contributed by atoms with van der Waals surface area (Å²) in [6.45, 7) is 4.03. The van der Waals surface area contributed by atoms with Crippen molar-refractivity contribution in [3.8, 4) is 0 Å². The van der Waals surface area contributed by atoms with E-state index in [0.29, 0.717) is 24.3 Å². The molecule has 0 saturated carbocycles. The molecule has 0 aromatic carbocycles. The molecule has 3 N–H and O–H groups in total. The Kier molecular flexibility index (Phi) is 4.74. The van der Waals surface area contributed by atoms with Crippen molar-refractivity contribution < 1.29 is 9.59 Å². The third-order valence-electron chi connectivity index (χ3n) is 3.40. The molecule has 5 nitrogen and oxygen atoms in total. The van der Waals surface area contributed by atoms with Gasteiger partial charge in [0.15, 0.2) is 0 Å². The molecule has 2 aliphatic heterocycles. The third-order valence-corrected chi connectivity index (χ3v) is 4.91. The first-order chi connectivity index (χ1) is 8.70. The van der Waals surface area contributed by atoms with Gasteiger partial charge in [-0.2, -0.15) is 11.8 Å². The molecule has 2 saturated heterocycles. The van der Waals surface area contributed by atoms with Gasteiger partial charge < -0.3 is 16.0 Å². The van der Waals surface area contributed by atoms with Gasteiger partial charge in [-0.25, -0.2) is 4.79 Å². The van der Waals surface area contributed by atoms with Crippen LogP contribution in [0.15, 0.2) is 0 Å². The lowest BCUT2D eigenvalue weighted by Crippen LogP contribution is -2.36. The monoisotopic (exact) mass is 270 g/mol. The molecule has 0 aromatic heterocycles. The van der Waals surface area contributed by atoms with E-state index in [1.807, 2.05) is 11.8 Å². The van der Waals surface area contributed by atoms with E-state index in [0.717, 1.165) is 25.0 Å². The Morgan fingerprint density at radius 1 is 1.44 bits per heavy atom. The van der Waals surface area contributed by atoms with E-state index >= 15 is 0 Å². The maximum atomic E-state index is 11.2. The van der Waals surface area contributed by atoms with Gasteiger partial charge in [0.25, 0.3) is 0 Å². The summed E-state index contributed by atoms with van der Waals surface area (Å²) in [5.41, 5.74) is 0. The van der Waals surface area contributed by atoms with Crippen molar-refractivity contribution in [3.05, 3.63) is 6.92 Å². The van der Waals surface area contributed by atoms with E-state index < -0.39 is 0 Å². The molecule has 6 heteroatoms. The molecule has 2 aliphatic rings. The number of thioether (sulfide) groups is 1. The summed E-state index contributed by atoms with van der Waals surface area (Å²) in [7, 11) is 0. The summed E-state index contributed by atoms with van der Waals surface area (Å²) in [4.78, 5) is 22.4. The van der Waals surface area contributed by atoms with Crippen LogP contribution in [0.1, 0.15) is 25.7 Å². The van der Waals surface area contributed by atoms with Crippen LogP contribution in [-0.2, 0) is 4.79 Å². The Hall–Kier alpha value is -0.910. The van der Waals surface area contributed by atoms with Crippen molar-refractivity contribution in [2.45, 2.75) is 43.0 Å². The minimum absolute atomic E-state index is 0.0369. The second-order valence-electron chi connectivity index (χ2n) is 4.72. The molecule has 3 atom stereocenters. The highest BCUT2D eigenvalue weighted by atomic mass is 32.2. The fourth-order valence-electron chi connectivity index (χ4n) is 2.50. The molecule has 2 fully saturated rings. The molecule has 0 bridgehead atoms. The average molecular weight is 270 g/mol. The van der Waals surface area contributed by atoms with Gasteiger partial charge in [0.1, 0.15) is 0 Å². The molecule has 101 valence electrons. The summed E-state index contributed by atoms with van der Waals surface area (Å²) >= 11 is 1.92. The van der Waals surface area contributed by atoms with E-state index in [9.17, 15) is 9.59 Å². The molecule has 0 unspecified atom stereocenters. The molecule has 3 amide bonds. The van der Waals surface area contributed by atoms with E-state index in [-0.39, 0.29) is 18.0 Å². The van der Waals surface area contributed by atoms with Crippen molar-refractivity contribution >= 4 is 23.7 Å². The lowest BCUT2D eigenvalue weighted by atomic mass is 10.0. The van der Waals surface area contributed by atoms with Gasteiger partial charge in [-0.3, -0.25) is 4.79 Å². The first kappa shape index (κ1) is 13.5. The van der Waals surface area contributed by atoms with Crippen molar-refractivity contribution in [2.75, 3.05) is 12.3 Å². The minimum atomic E-state index is -0.0369. The van der Waals surface area contributed by atoms with Crippen LogP contribution >= 0.6 is 11.8 Å². The number of unbranched alkanes of at least 4 members (excludes halogenated alkanes) is 1. The number of rotatable bonds is 6. The maximum Gasteiger partial charge on any atom is 0.315 e. The highest BCUT2D eigenvalue weighted by Gasteiger charge is 2.42. The zero-order valence-corrected chi connectivity index (χ0v) is 11.2. The number of amides is 3. The molecule has 1 radical (unpaired) electrons. The lowest BCUT2D eigenvalue weighted by molar-refractivity contribution is -0.121. The molecule has 0 aliphatic carbocycles. The number of urea groups is 1. The van der Waals surface area contributed by atoms with Gasteiger partial charge >= 0.3 is 6.03 Å². The van der Waals surface area contributed by atoms with E-state index in [1.165, 1.54) is 0 Å². The fraction of sp³-hybridized carbons (Fsp3) is 0.750. The van der Waals surface area contributed by atoms with E-state index in [1.54, 1.807) is 0 Å². The number of carbonyl (C=O) groups excluding carboxylic acids is 2. The molecule has 0 spiro atoms. The Morgan fingerprint density at radius 2 is 2.28 bits per heavy atom. The van der Waals surface area contributed by atoms with Gasteiger partial charge in [-0.05, 0) is 19.8 Å². The van der Waals surface area contributed by atoms with E-state index in [4.69, 9.17) is 0 Å². The zero-order chi connectivity index (χ0) is 13.0. The van der Waals surface area contributed by atoms with Crippen molar-refractivity contribution in [3.63, 3.8) is 0 Å². The predicted molar refractivity (Wildman–Crippen MR) is 72.3 cm³/mol. The van der Waals surface area contributed by atoms with Crippen molar-refractivity contribution in [1.29, 1.82) is 0 Å². The Labute approximate surface area is 112 Å². The van der Waals surface area contributed by atoms with Gasteiger partial charge in [0.2, 0.25) is 5.91 Å². The molecule has 2 rings (SSSR count). The highest BCUT2D eigenvalue weighted by Crippen LogP contribution is 2.33. The van der Waals surface area contributed by atoms with Gasteiger partial charge in [0.05, 0.1) is 12.1 Å². The predicted octanol–water partition coefficient (Wildman–Crippen LogP) is 0.662. The van der Waals surface area contributed by atoms with Crippen LogP contribution in [-0.4, -0.2) is 41.6 Å². The molecule has 18 heavy (non-hydrogen) atoms. The minimum Gasteiger partial charge on any atom is -0.356 e. The first-order valence-corrected chi connectivity index (χ1v) is 7.50. The van der Waals surface area contributed by atoms with Gasteiger partial charge in [-0.1, -0.05) is 6.42 Å². The fourth-order valence-corrected chi connectivity index (χ4v) is 4.05. The van der Waals surface area contributed by atoms with Gasteiger partial charge in [-0.15, -0.1) is 0 Å². The van der Waals surface area contributed by atoms with Crippen LogP contribution < -0.4 is 16.0 Å². The van der Waals surface area contributed by atoms with Crippen molar-refractivity contribution in [2.24, 2.45) is 0 Å². The summed E-state index contributed by atoms with van der Waals surface area (Å²) < 4.78 is 0. The van der Waals surface area contributed by atoms with Crippen molar-refractivity contribution in [1.82, 2.24) is 16.0 Å². The average Bonchev–Trinajstić information content (AvgIpc) is 2.85. The third kappa shape index (κ3) is 3.31. The second kappa shape index (κ2) is 6.31. The summed E-state index contributed by atoms with van der Waals surface area (Å²) in [6.07, 6.45) is 3.57. The van der Waals surface area contributed by atoms with Crippen LogP contribution in [0.25, 0.3) is 0 Å². The first-order valence-electron chi connectivity index (χ1n) is 6.45. The summed E-state index contributed by atoms with van der Waals surface area (Å²) in [6, 6.07) is 0.531. The molecular weight excluding hydrogens is 250 g/mol. The van der Waals surface area contributed by atoms with Crippen LogP contribution in [0, 0.1) is 6.92 Å². The molecule has 2 heterocycles. The molecular formula is C12H20N3O2S. The standard InChI is InChI=1S/C12H20N3O2S/c1-2-13-10(16)6-4-3-5-9-11-8(7-18-9)14-12(17)15-11/h8-9,11H,1-7H2,(H,13,16)(H2,14,15,17)/t8-,9-,11-/m0/s1. The quantitative estimate of drug-likeness (QED) is 0.490. The largest absolute Gasteiger partial charge is 0.356 e. The zero-order valence-electron chi connectivity index (χ0n) is 10.4. The number of carbonyl (C=O) groups is 2. The second-order valence-corrected chi connectivity index (χ2v) is 5.99. The number of hydrogen-bond acceptors (Lipinski definition) is 3. The summed E-state index contributed by atoms with van der Waals surface area (Å²) in [5, 5.41) is 9.09. The van der Waals surface area contributed by atoms with Crippen LogP contribution in [0.2, 0.25) is 0 Å². The topological polar surface area (TPSA) is 70.2 Å². The number of hydrogen-bond donors (Lipinski definition) is 3. The van der Waals surface area contributed by atoms with Crippen LogP contribution in [0.4, 0.5) is 4.79 Å². The Bertz CT molecular complexity index is 324.